The van der Waals surface area contributed by atoms with E-state index in [0.717, 1.165) is 6.42 Å². The molecule has 112 valence electrons. The van der Waals surface area contributed by atoms with Gasteiger partial charge in [-0.3, -0.25) is 0 Å². The first kappa shape index (κ1) is 16.1. The van der Waals surface area contributed by atoms with Crippen molar-refractivity contribution >= 4 is 23.2 Å². The van der Waals surface area contributed by atoms with Gasteiger partial charge in [0, 0.05) is 12.1 Å². The number of rotatable bonds is 4. The second-order valence-corrected chi connectivity index (χ2v) is 7.40. The summed E-state index contributed by atoms with van der Waals surface area (Å²) >= 11 is 12.2. The van der Waals surface area contributed by atoms with Crippen molar-refractivity contribution in [1.82, 2.24) is 5.32 Å². The van der Waals surface area contributed by atoms with Gasteiger partial charge in [0.2, 0.25) is 0 Å². The average molecular weight is 314 g/mol. The van der Waals surface area contributed by atoms with Gasteiger partial charge >= 0.3 is 0 Å². The van der Waals surface area contributed by atoms with Gasteiger partial charge in [0.1, 0.15) is 0 Å². The minimum Gasteiger partial charge on any atom is -0.307 e. The fourth-order valence-electron chi connectivity index (χ4n) is 3.22. The lowest BCUT2D eigenvalue weighted by molar-refractivity contribution is 0.154. The monoisotopic (exact) mass is 313 g/mol. The van der Waals surface area contributed by atoms with Crippen LogP contribution in [-0.4, -0.2) is 6.04 Å². The first-order valence-electron chi connectivity index (χ1n) is 7.65. The first-order chi connectivity index (χ1) is 9.44. The molecule has 1 aromatic rings. The molecule has 0 saturated heterocycles. The fraction of sp³-hybridized carbons (Fsp3) is 0.647. The molecule has 2 unspecified atom stereocenters. The molecular weight excluding hydrogens is 289 g/mol. The van der Waals surface area contributed by atoms with Crippen molar-refractivity contribution in [2.45, 2.75) is 65.0 Å². The second-order valence-electron chi connectivity index (χ2n) is 6.59. The highest BCUT2D eigenvalue weighted by molar-refractivity contribution is 6.42. The summed E-state index contributed by atoms with van der Waals surface area (Å²) in [6, 6.07) is 6.92. The van der Waals surface area contributed by atoms with Crippen LogP contribution in [0.4, 0.5) is 0 Å². The highest BCUT2D eigenvalue weighted by Crippen LogP contribution is 2.37. The molecule has 1 saturated carbocycles. The van der Waals surface area contributed by atoms with E-state index in [0.29, 0.717) is 27.5 Å². The summed E-state index contributed by atoms with van der Waals surface area (Å²) in [4.78, 5) is 0. The number of halogens is 2. The molecule has 0 amide bonds. The summed E-state index contributed by atoms with van der Waals surface area (Å²) in [5.74, 6) is 0. The van der Waals surface area contributed by atoms with Crippen LogP contribution >= 0.6 is 23.2 Å². The van der Waals surface area contributed by atoms with Crippen molar-refractivity contribution in [3.8, 4) is 0 Å². The smallest absolute Gasteiger partial charge is 0.0595 e. The molecule has 2 rings (SSSR count). The quantitative estimate of drug-likeness (QED) is 0.718. The highest BCUT2D eigenvalue weighted by atomic mass is 35.5. The van der Waals surface area contributed by atoms with Crippen LogP contribution in [0, 0.1) is 5.41 Å². The van der Waals surface area contributed by atoms with Crippen molar-refractivity contribution in [2.75, 3.05) is 0 Å². The molecule has 0 aliphatic heterocycles. The third-order valence-corrected chi connectivity index (χ3v) is 5.40. The zero-order valence-electron chi connectivity index (χ0n) is 12.7. The molecule has 0 bridgehead atoms. The number of benzene rings is 1. The maximum absolute atomic E-state index is 6.15. The predicted octanol–water partition coefficient (Wildman–Crippen LogP) is 6.00. The Labute approximate surface area is 133 Å². The molecule has 0 spiro atoms. The summed E-state index contributed by atoms with van der Waals surface area (Å²) in [5, 5.41) is 5.13. The molecule has 3 heteroatoms. The van der Waals surface area contributed by atoms with Crippen LogP contribution in [0.15, 0.2) is 18.2 Å². The zero-order valence-corrected chi connectivity index (χ0v) is 14.2. The lowest BCUT2D eigenvalue weighted by Crippen LogP contribution is -2.45. The Balaban J connectivity index is 2.13. The Bertz CT molecular complexity index is 456. The van der Waals surface area contributed by atoms with Crippen molar-refractivity contribution in [3.63, 3.8) is 0 Å². The fourth-order valence-corrected chi connectivity index (χ4v) is 3.53. The maximum atomic E-state index is 6.15. The maximum Gasteiger partial charge on any atom is 0.0595 e. The minimum atomic E-state index is 0.354. The van der Waals surface area contributed by atoms with E-state index >= 15 is 0 Å². The minimum absolute atomic E-state index is 0.354. The Morgan fingerprint density at radius 3 is 2.60 bits per heavy atom. The summed E-state index contributed by atoms with van der Waals surface area (Å²) < 4.78 is 0. The summed E-state index contributed by atoms with van der Waals surface area (Å²) in [6.07, 6.45) is 6.32. The SMILES string of the molecule is CCC(NC1CCCCC1(C)C)c1ccc(Cl)c(Cl)c1. The van der Waals surface area contributed by atoms with Crippen molar-refractivity contribution in [2.24, 2.45) is 5.41 Å². The molecule has 1 aromatic carbocycles. The molecule has 1 fully saturated rings. The molecule has 1 aliphatic rings. The molecule has 20 heavy (non-hydrogen) atoms. The number of nitrogens with one attached hydrogen (secondary N) is 1. The molecule has 0 aromatic heterocycles. The van der Waals surface area contributed by atoms with Gasteiger partial charge in [-0.15, -0.1) is 0 Å². The molecule has 0 radical (unpaired) electrons. The normalized spacial score (nSPS) is 23.6. The average Bonchev–Trinajstić information content (AvgIpc) is 2.40. The van der Waals surface area contributed by atoms with Gasteiger partial charge in [0.05, 0.1) is 10.0 Å². The number of hydrogen-bond donors (Lipinski definition) is 1. The molecule has 1 N–H and O–H groups in total. The van der Waals surface area contributed by atoms with Gasteiger partial charge in [-0.25, -0.2) is 0 Å². The van der Waals surface area contributed by atoms with E-state index in [1.165, 1.54) is 31.2 Å². The Hall–Kier alpha value is -0.240. The highest BCUT2D eigenvalue weighted by Gasteiger charge is 2.33. The van der Waals surface area contributed by atoms with Crippen LogP contribution in [0.3, 0.4) is 0 Å². The van der Waals surface area contributed by atoms with E-state index in [1.807, 2.05) is 12.1 Å². The van der Waals surface area contributed by atoms with Gasteiger partial charge in [-0.05, 0) is 42.4 Å². The van der Waals surface area contributed by atoms with Gasteiger partial charge in [0.15, 0.2) is 0 Å². The Morgan fingerprint density at radius 1 is 1.25 bits per heavy atom. The molecule has 2 atom stereocenters. The summed E-state index contributed by atoms with van der Waals surface area (Å²) in [7, 11) is 0. The van der Waals surface area contributed by atoms with E-state index in [-0.39, 0.29) is 0 Å². The first-order valence-corrected chi connectivity index (χ1v) is 8.40. The Kier molecular flexibility index (Phi) is 5.39. The van der Waals surface area contributed by atoms with E-state index in [2.05, 4.69) is 32.2 Å². The molecule has 1 nitrogen and oxygen atoms in total. The van der Waals surface area contributed by atoms with Crippen LogP contribution in [-0.2, 0) is 0 Å². The lowest BCUT2D eigenvalue weighted by Gasteiger charge is -2.41. The predicted molar refractivity (Wildman–Crippen MR) is 88.7 cm³/mol. The summed E-state index contributed by atoms with van der Waals surface area (Å²) in [5.41, 5.74) is 1.62. The second kappa shape index (κ2) is 6.68. The lowest BCUT2D eigenvalue weighted by atomic mass is 9.73. The van der Waals surface area contributed by atoms with Crippen molar-refractivity contribution in [1.29, 1.82) is 0 Å². The van der Waals surface area contributed by atoms with E-state index < -0.39 is 0 Å². The number of hydrogen-bond acceptors (Lipinski definition) is 1. The van der Waals surface area contributed by atoms with E-state index in [9.17, 15) is 0 Å². The van der Waals surface area contributed by atoms with Gasteiger partial charge in [-0.1, -0.05) is 62.9 Å². The van der Waals surface area contributed by atoms with Gasteiger partial charge < -0.3 is 5.32 Å². The van der Waals surface area contributed by atoms with Crippen LogP contribution < -0.4 is 5.32 Å². The standard InChI is InChI=1S/C17H25Cl2N/c1-4-15(12-8-9-13(18)14(19)11-12)20-16-7-5-6-10-17(16,2)3/h8-9,11,15-16,20H,4-7,10H2,1-3H3. The van der Waals surface area contributed by atoms with Crippen LogP contribution in [0.5, 0.6) is 0 Å². The van der Waals surface area contributed by atoms with Crippen LogP contribution in [0.2, 0.25) is 10.0 Å². The van der Waals surface area contributed by atoms with Gasteiger partial charge in [-0.2, -0.15) is 0 Å². The van der Waals surface area contributed by atoms with Crippen LogP contribution in [0.1, 0.15) is 64.5 Å². The molecule has 1 aliphatic carbocycles. The topological polar surface area (TPSA) is 12.0 Å². The van der Waals surface area contributed by atoms with E-state index in [1.54, 1.807) is 0 Å². The Morgan fingerprint density at radius 2 is 2.00 bits per heavy atom. The third-order valence-electron chi connectivity index (χ3n) is 4.66. The van der Waals surface area contributed by atoms with Crippen molar-refractivity contribution < 1.29 is 0 Å². The largest absolute Gasteiger partial charge is 0.307 e. The summed E-state index contributed by atoms with van der Waals surface area (Å²) in [6.45, 7) is 6.98. The molecular formula is C17H25Cl2N. The van der Waals surface area contributed by atoms with Gasteiger partial charge in [0.25, 0.3) is 0 Å². The van der Waals surface area contributed by atoms with Crippen LogP contribution in [0.25, 0.3) is 0 Å². The third kappa shape index (κ3) is 3.69. The van der Waals surface area contributed by atoms with Crippen molar-refractivity contribution in [3.05, 3.63) is 33.8 Å². The zero-order chi connectivity index (χ0) is 14.8. The molecule has 0 heterocycles. The van der Waals surface area contributed by atoms with E-state index in [4.69, 9.17) is 23.2 Å².